The Morgan fingerprint density at radius 3 is 0.725 bits per heavy atom. The zero-order valence-corrected chi connectivity index (χ0v) is 46.9. The number of esters is 3. The summed E-state index contributed by atoms with van der Waals surface area (Å²) in [6.45, 7) is 6.71. The van der Waals surface area contributed by atoms with E-state index in [1.165, 1.54) is 257 Å². The summed E-state index contributed by atoms with van der Waals surface area (Å²) in [5, 5.41) is 0. The van der Waals surface area contributed by atoms with E-state index in [9.17, 15) is 14.4 Å². The van der Waals surface area contributed by atoms with Crippen molar-refractivity contribution in [2.24, 2.45) is 0 Å². The van der Waals surface area contributed by atoms with Crippen LogP contribution in [-0.2, 0) is 28.6 Å². The van der Waals surface area contributed by atoms with E-state index in [0.717, 1.165) is 57.8 Å². The molecule has 0 fully saturated rings. The second-order valence-corrected chi connectivity index (χ2v) is 21.3. The van der Waals surface area contributed by atoms with Gasteiger partial charge in [-0.25, -0.2) is 0 Å². The molecule has 0 aliphatic heterocycles. The zero-order chi connectivity index (χ0) is 50.0. The van der Waals surface area contributed by atoms with Gasteiger partial charge in [0, 0.05) is 19.3 Å². The fraction of sp³-hybridized carbons (Fsp3) is 0.921. The molecule has 0 aliphatic rings. The highest BCUT2D eigenvalue weighted by molar-refractivity contribution is 5.71. The van der Waals surface area contributed by atoms with Gasteiger partial charge in [0.2, 0.25) is 0 Å². The molecule has 0 saturated carbocycles. The van der Waals surface area contributed by atoms with Gasteiger partial charge in [0.15, 0.2) is 6.10 Å². The van der Waals surface area contributed by atoms with Crippen molar-refractivity contribution in [3.05, 3.63) is 12.2 Å². The Hall–Kier alpha value is -1.85. The van der Waals surface area contributed by atoms with Crippen molar-refractivity contribution in [3.8, 4) is 0 Å². The van der Waals surface area contributed by atoms with E-state index in [2.05, 4.69) is 32.9 Å². The van der Waals surface area contributed by atoms with Crippen LogP contribution >= 0.6 is 0 Å². The van der Waals surface area contributed by atoms with Gasteiger partial charge in [0.1, 0.15) is 13.2 Å². The molecule has 0 radical (unpaired) electrons. The number of hydrogen-bond donors (Lipinski definition) is 0. The summed E-state index contributed by atoms with van der Waals surface area (Å²) in [5.41, 5.74) is 0. The third-order valence-corrected chi connectivity index (χ3v) is 14.3. The molecule has 0 heterocycles. The quantitative estimate of drug-likeness (QED) is 0.0261. The summed E-state index contributed by atoms with van der Waals surface area (Å²) >= 11 is 0. The van der Waals surface area contributed by atoms with Crippen molar-refractivity contribution in [2.45, 2.75) is 361 Å². The minimum Gasteiger partial charge on any atom is -0.462 e. The Labute approximate surface area is 431 Å². The fourth-order valence-corrected chi connectivity index (χ4v) is 9.56. The molecule has 0 amide bonds. The number of rotatable bonds is 58. The first-order valence-corrected chi connectivity index (χ1v) is 31.2. The van der Waals surface area contributed by atoms with Gasteiger partial charge in [0.05, 0.1) is 0 Å². The second kappa shape index (κ2) is 58.7. The lowest BCUT2D eigenvalue weighted by Crippen LogP contribution is -2.30. The van der Waals surface area contributed by atoms with E-state index >= 15 is 0 Å². The Kier molecular flexibility index (Phi) is 57.1. The molecule has 69 heavy (non-hydrogen) atoms. The van der Waals surface area contributed by atoms with Crippen LogP contribution < -0.4 is 0 Å². The molecule has 0 saturated heterocycles. The van der Waals surface area contributed by atoms with E-state index < -0.39 is 6.10 Å². The first kappa shape index (κ1) is 67.1. The van der Waals surface area contributed by atoms with Crippen molar-refractivity contribution in [1.82, 2.24) is 0 Å². The number of unbranched alkanes of at least 4 members (excludes halogenated alkanes) is 45. The molecule has 1 unspecified atom stereocenters. The van der Waals surface area contributed by atoms with Gasteiger partial charge in [-0.1, -0.05) is 303 Å². The predicted octanol–water partition coefficient (Wildman–Crippen LogP) is 20.9. The van der Waals surface area contributed by atoms with Gasteiger partial charge in [-0.15, -0.1) is 0 Å². The molecule has 6 nitrogen and oxygen atoms in total. The molecule has 1 atom stereocenters. The molecular weight excluding hydrogens is 853 g/mol. The lowest BCUT2D eigenvalue weighted by Gasteiger charge is -2.18. The third kappa shape index (κ3) is 56.9. The average molecular weight is 974 g/mol. The van der Waals surface area contributed by atoms with Crippen LogP contribution in [0.4, 0.5) is 0 Å². The summed E-state index contributed by atoms with van der Waals surface area (Å²) in [6, 6.07) is 0. The van der Waals surface area contributed by atoms with Crippen LogP contribution in [0.15, 0.2) is 12.2 Å². The lowest BCUT2D eigenvalue weighted by atomic mass is 10.0. The molecule has 6 heteroatoms. The van der Waals surface area contributed by atoms with Gasteiger partial charge in [0.25, 0.3) is 0 Å². The van der Waals surface area contributed by atoms with Crippen LogP contribution in [0.25, 0.3) is 0 Å². The fourth-order valence-electron chi connectivity index (χ4n) is 9.56. The van der Waals surface area contributed by atoms with Gasteiger partial charge in [-0.2, -0.15) is 0 Å². The van der Waals surface area contributed by atoms with Crippen molar-refractivity contribution in [3.63, 3.8) is 0 Å². The van der Waals surface area contributed by atoms with Gasteiger partial charge >= 0.3 is 17.9 Å². The summed E-state index contributed by atoms with van der Waals surface area (Å²) in [7, 11) is 0. The summed E-state index contributed by atoms with van der Waals surface area (Å²) in [5.74, 6) is -0.836. The highest BCUT2D eigenvalue weighted by atomic mass is 16.6. The number of hydrogen-bond acceptors (Lipinski definition) is 6. The molecule has 0 spiro atoms. The van der Waals surface area contributed by atoms with Gasteiger partial charge in [-0.3, -0.25) is 14.4 Å². The first-order valence-electron chi connectivity index (χ1n) is 31.2. The standard InChI is InChI=1S/C63H120O6/c1-4-7-10-13-16-19-22-25-28-31-32-33-36-38-41-44-47-50-53-56-62(65)68-59-60(69-63(66)57-54-51-48-45-42-39-35-30-27-24-21-18-15-12-9-6-3)58-67-61(64)55-52-49-46-43-40-37-34-29-26-23-20-17-14-11-8-5-2/h25,28,60H,4-24,26-27,29-59H2,1-3H3/b28-25-. The Balaban J connectivity index is 4.30. The molecule has 408 valence electrons. The van der Waals surface area contributed by atoms with Crippen LogP contribution in [0.2, 0.25) is 0 Å². The molecule has 0 bridgehead atoms. The molecule has 0 rings (SSSR count). The lowest BCUT2D eigenvalue weighted by molar-refractivity contribution is -0.167. The number of carbonyl (C=O) groups excluding carboxylic acids is 3. The largest absolute Gasteiger partial charge is 0.462 e. The maximum atomic E-state index is 12.9. The van der Waals surface area contributed by atoms with Crippen LogP contribution in [0.1, 0.15) is 355 Å². The normalized spacial score (nSPS) is 12.0. The number of carbonyl (C=O) groups is 3. The molecule has 0 aromatic rings. The number of ether oxygens (including phenoxy) is 3. The van der Waals surface area contributed by atoms with E-state index in [4.69, 9.17) is 14.2 Å². The smallest absolute Gasteiger partial charge is 0.306 e. The maximum Gasteiger partial charge on any atom is 0.306 e. The Morgan fingerprint density at radius 1 is 0.275 bits per heavy atom. The van der Waals surface area contributed by atoms with Crippen molar-refractivity contribution in [1.29, 1.82) is 0 Å². The van der Waals surface area contributed by atoms with Crippen molar-refractivity contribution >= 4 is 17.9 Å². The van der Waals surface area contributed by atoms with Crippen LogP contribution in [0.3, 0.4) is 0 Å². The average Bonchev–Trinajstić information content (AvgIpc) is 3.35. The predicted molar refractivity (Wildman–Crippen MR) is 298 cm³/mol. The highest BCUT2D eigenvalue weighted by Gasteiger charge is 2.19. The maximum absolute atomic E-state index is 12.9. The monoisotopic (exact) mass is 973 g/mol. The molecule has 0 aliphatic carbocycles. The van der Waals surface area contributed by atoms with Crippen LogP contribution in [-0.4, -0.2) is 37.2 Å². The third-order valence-electron chi connectivity index (χ3n) is 14.3. The Bertz CT molecular complexity index is 1070. The van der Waals surface area contributed by atoms with Gasteiger partial charge < -0.3 is 14.2 Å². The van der Waals surface area contributed by atoms with E-state index in [-0.39, 0.29) is 31.1 Å². The Morgan fingerprint density at radius 2 is 0.478 bits per heavy atom. The SMILES string of the molecule is CCCCCCCC/C=C\CCCCCCCCCCCC(=O)OCC(COC(=O)CCCCCCCCCCCCCCCCCC)OC(=O)CCCCCCCCCCCCCCCCCC. The number of allylic oxidation sites excluding steroid dienone is 2. The second-order valence-electron chi connectivity index (χ2n) is 21.3. The highest BCUT2D eigenvalue weighted by Crippen LogP contribution is 2.18. The molecule has 0 N–H and O–H groups in total. The van der Waals surface area contributed by atoms with Crippen LogP contribution in [0, 0.1) is 0 Å². The zero-order valence-electron chi connectivity index (χ0n) is 46.9. The summed E-state index contributed by atoms with van der Waals surface area (Å²) in [6.07, 6.45) is 67.8. The summed E-state index contributed by atoms with van der Waals surface area (Å²) in [4.78, 5) is 38.3. The van der Waals surface area contributed by atoms with Crippen molar-refractivity contribution in [2.75, 3.05) is 13.2 Å². The minimum atomic E-state index is -0.765. The first-order chi connectivity index (χ1) is 34.0. The molecular formula is C63H120O6. The molecule has 0 aromatic heterocycles. The van der Waals surface area contributed by atoms with Gasteiger partial charge in [-0.05, 0) is 44.9 Å². The van der Waals surface area contributed by atoms with Crippen molar-refractivity contribution < 1.29 is 28.6 Å². The van der Waals surface area contributed by atoms with E-state index in [0.29, 0.717) is 19.3 Å². The molecule has 0 aromatic carbocycles. The summed E-state index contributed by atoms with van der Waals surface area (Å²) < 4.78 is 16.9. The van der Waals surface area contributed by atoms with Crippen LogP contribution in [0.5, 0.6) is 0 Å². The van der Waals surface area contributed by atoms with E-state index in [1.54, 1.807) is 0 Å². The topological polar surface area (TPSA) is 78.9 Å². The van der Waals surface area contributed by atoms with E-state index in [1.807, 2.05) is 0 Å². The minimum absolute atomic E-state index is 0.0639.